The zero-order valence-electron chi connectivity index (χ0n) is 12.8. The molecule has 0 aliphatic heterocycles. The van der Waals surface area contributed by atoms with E-state index in [2.05, 4.69) is 24.1 Å². The highest BCUT2D eigenvalue weighted by molar-refractivity contribution is 5.84. The Bertz CT molecular complexity index is 301. The number of nitrogens with one attached hydrogen (secondary N) is 1. The Labute approximate surface area is 116 Å². The third kappa shape index (κ3) is 5.59. The Morgan fingerprint density at radius 1 is 1.26 bits per heavy atom. The minimum Gasteiger partial charge on any atom is -0.481 e. The molecular weight excluding hydrogens is 244 g/mol. The second-order valence-electron chi connectivity index (χ2n) is 5.43. The molecule has 0 aromatic rings. The first-order chi connectivity index (χ1) is 8.77. The van der Waals surface area contributed by atoms with E-state index in [1.165, 1.54) is 0 Å². The fourth-order valence-electron chi connectivity index (χ4n) is 1.82. The second kappa shape index (κ2) is 8.15. The molecule has 5 nitrogen and oxygen atoms in total. The van der Waals surface area contributed by atoms with Crippen LogP contribution in [0.4, 0.5) is 0 Å². The molecule has 0 aliphatic carbocycles. The Balaban J connectivity index is 4.26. The first-order valence-corrected chi connectivity index (χ1v) is 7.00. The molecule has 5 heteroatoms. The number of amides is 1. The van der Waals surface area contributed by atoms with Crippen molar-refractivity contribution in [1.29, 1.82) is 0 Å². The number of aliphatic carboxylic acids is 1. The van der Waals surface area contributed by atoms with Crippen molar-refractivity contribution in [1.82, 2.24) is 10.2 Å². The van der Waals surface area contributed by atoms with Crippen LogP contribution in [-0.2, 0) is 9.59 Å². The molecule has 0 spiro atoms. The monoisotopic (exact) mass is 272 g/mol. The van der Waals surface area contributed by atoms with Crippen LogP contribution < -0.4 is 5.32 Å². The number of carbonyl (C=O) groups excluding carboxylic acids is 1. The molecule has 0 bridgehead atoms. The van der Waals surface area contributed by atoms with Gasteiger partial charge in [-0.3, -0.25) is 9.59 Å². The van der Waals surface area contributed by atoms with E-state index in [9.17, 15) is 14.7 Å². The summed E-state index contributed by atoms with van der Waals surface area (Å²) in [6.45, 7) is 12.7. The van der Waals surface area contributed by atoms with Crippen LogP contribution in [0, 0.1) is 11.3 Å². The number of carboxylic acids is 1. The Hall–Kier alpha value is -1.10. The predicted molar refractivity (Wildman–Crippen MR) is 76.0 cm³/mol. The smallest absolute Gasteiger partial charge is 0.310 e. The van der Waals surface area contributed by atoms with Crippen LogP contribution in [0.15, 0.2) is 0 Å². The molecule has 0 heterocycles. The van der Waals surface area contributed by atoms with E-state index < -0.39 is 11.4 Å². The number of nitrogens with zero attached hydrogens (tertiary/aromatic N) is 1. The lowest BCUT2D eigenvalue weighted by atomic mass is 9.76. The number of hydrogen-bond acceptors (Lipinski definition) is 3. The van der Waals surface area contributed by atoms with Crippen LogP contribution in [0.5, 0.6) is 0 Å². The SMILES string of the molecule is CCN(CC)CCNC(=O)CC(C)(C(=O)O)C(C)C. The maximum absolute atomic E-state index is 11.8. The van der Waals surface area contributed by atoms with E-state index in [0.717, 1.165) is 19.6 Å². The van der Waals surface area contributed by atoms with Gasteiger partial charge < -0.3 is 15.3 Å². The normalized spacial score (nSPS) is 14.5. The predicted octanol–water partition coefficient (Wildman–Crippen LogP) is 1.58. The quantitative estimate of drug-likeness (QED) is 0.668. The van der Waals surface area contributed by atoms with Gasteiger partial charge in [0, 0.05) is 19.5 Å². The molecule has 112 valence electrons. The molecule has 1 unspecified atom stereocenters. The zero-order valence-corrected chi connectivity index (χ0v) is 12.8. The van der Waals surface area contributed by atoms with Crippen molar-refractivity contribution in [3.63, 3.8) is 0 Å². The average molecular weight is 272 g/mol. The maximum Gasteiger partial charge on any atom is 0.310 e. The molecular formula is C14H28N2O3. The van der Waals surface area contributed by atoms with E-state index >= 15 is 0 Å². The van der Waals surface area contributed by atoms with Crippen molar-refractivity contribution in [2.75, 3.05) is 26.2 Å². The van der Waals surface area contributed by atoms with Gasteiger partial charge in [0.05, 0.1) is 5.41 Å². The fraction of sp³-hybridized carbons (Fsp3) is 0.857. The van der Waals surface area contributed by atoms with Gasteiger partial charge in [-0.25, -0.2) is 0 Å². The van der Waals surface area contributed by atoms with Crippen LogP contribution in [0.1, 0.15) is 41.0 Å². The molecule has 0 aromatic heterocycles. The molecule has 0 aromatic carbocycles. The summed E-state index contributed by atoms with van der Waals surface area (Å²) in [4.78, 5) is 25.3. The first kappa shape index (κ1) is 17.9. The highest BCUT2D eigenvalue weighted by atomic mass is 16.4. The average Bonchev–Trinajstić information content (AvgIpc) is 2.34. The molecule has 19 heavy (non-hydrogen) atoms. The van der Waals surface area contributed by atoms with Gasteiger partial charge in [0.2, 0.25) is 5.91 Å². The van der Waals surface area contributed by atoms with Crippen molar-refractivity contribution in [3.05, 3.63) is 0 Å². The third-order valence-electron chi connectivity index (χ3n) is 3.94. The van der Waals surface area contributed by atoms with Crippen molar-refractivity contribution >= 4 is 11.9 Å². The molecule has 1 amide bonds. The number of likely N-dealkylation sites (N-methyl/N-ethyl adjacent to an activating group) is 1. The van der Waals surface area contributed by atoms with Crippen LogP contribution in [0.25, 0.3) is 0 Å². The van der Waals surface area contributed by atoms with Gasteiger partial charge in [-0.05, 0) is 25.9 Å². The minimum atomic E-state index is -1.00. The molecule has 0 rings (SSSR count). The van der Waals surface area contributed by atoms with Crippen molar-refractivity contribution < 1.29 is 14.7 Å². The third-order valence-corrected chi connectivity index (χ3v) is 3.94. The second-order valence-corrected chi connectivity index (χ2v) is 5.43. The van der Waals surface area contributed by atoms with Gasteiger partial charge in [-0.15, -0.1) is 0 Å². The fourth-order valence-corrected chi connectivity index (χ4v) is 1.82. The molecule has 0 saturated heterocycles. The zero-order chi connectivity index (χ0) is 15.1. The van der Waals surface area contributed by atoms with Crippen LogP contribution >= 0.6 is 0 Å². The van der Waals surface area contributed by atoms with E-state index in [-0.39, 0.29) is 18.2 Å². The van der Waals surface area contributed by atoms with Gasteiger partial charge in [0.15, 0.2) is 0 Å². The van der Waals surface area contributed by atoms with E-state index in [1.807, 2.05) is 13.8 Å². The van der Waals surface area contributed by atoms with Crippen LogP contribution in [-0.4, -0.2) is 48.1 Å². The summed E-state index contributed by atoms with van der Waals surface area (Å²) < 4.78 is 0. The molecule has 0 saturated carbocycles. The number of rotatable bonds is 9. The number of hydrogen-bond donors (Lipinski definition) is 2. The lowest BCUT2D eigenvalue weighted by Gasteiger charge is -2.28. The lowest BCUT2D eigenvalue weighted by Crippen LogP contribution is -2.41. The summed E-state index contributed by atoms with van der Waals surface area (Å²) in [7, 11) is 0. The van der Waals surface area contributed by atoms with Crippen LogP contribution in [0.2, 0.25) is 0 Å². The number of carboxylic acid groups (broad SMARTS) is 1. The molecule has 0 radical (unpaired) electrons. The number of carbonyl (C=O) groups is 2. The van der Waals surface area contributed by atoms with Crippen molar-refractivity contribution in [3.8, 4) is 0 Å². The van der Waals surface area contributed by atoms with Crippen molar-refractivity contribution in [2.45, 2.75) is 41.0 Å². The van der Waals surface area contributed by atoms with Gasteiger partial charge in [-0.2, -0.15) is 0 Å². The first-order valence-electron chi connectivity index (χ1n) is 7.00. The summed E-state index contributed by atoms with van der Waals surface area (Å²) in [6.07, 6.45) is 0.0260. The summed E-state index contributed by atoms with van der Waals surface area (Å²) >= 11 is 0. The summed E-state index contributed by atoms with van der Waals surface area (Å²) in [5.41, 5.74) is -1.00. The maximum atomic E-state index is 11.8. The Morgan fingerprint density at radius 3 is 2.16 bits per heavy atom. The highest BCUT2D eigenvalue weighted by Crippen LogP contribution is 2.31. The van der Waals surface area contributed by atoms with Crippen LogP contribution in [0.3, 0.4) is 0 Å². The summed E-state index contributed by atoms with van der Waals surface area (Å²) in [5, 5.41) is 12.1. The van der Waals surface area contributed by atoms with Gasteiger partial charge in [0.25, 0.3) is 0 Å². The lowest BCUT2D eigenvalue weighted by molar-refractivity contribution is -0.153. The van der Waals surface area contributed by atoms with Gasteiger partial charge in [-0.1, -0.05) is 27.7 Å². The van der Waals surface area contributed by atoms with Gasteiger partial charge in [0.1, 0.15) is 0 Å². The Morgan fingerprint density at radius 2 is 1.79 bits per heavy atom. The van der Waals surface area contributed by atoms with E-state index in [4.69, 9.17) is 0 Å². The topological polar surface area (TPSA) is 69.6 Å². The van der Waals surface area contributed by atoms with Gasteiger partial charge >= 0.3 is 5.97 Å². The van der Waals surface area contributed by atoms with E-state index in [0.29, 0.717) is 6.54 Å². The molecule has 1 atom stereocenters. The largest absolute Gasteiger partial charge is 0.481 e. The summed E-state index contributed by atoms with van der Waals surface area (Å²) in [5.74, 6) is -1.19. The highest BCUT2D eigenvalue weighted by Gasteiger charge is 2.38. The van der Waals surface area contributed by atoms with E-state index in [1.54, 1.807) is 6.92 Å². The molecule has 0 aliphatic rings. The minimum absolute atomic E-state index is 0.0260. The van der Waals surface area contributed by atoms with Crippen molar-refractivity contribution in [2.24, 2.45) is 11.3 Å². The standard InChI is InChI=1S/C14H28N2O3/c1-6-16(7-2)9-8-15-12(17)10-14(5,11(3)4)13(18)19/h11H,6-10H2,1-5H3,(H,15,17)(H,18,19). The molecule has 0 fully saturated rings. The molecule has 2 N–H and O–H groups in total. The summed E-state index contributed by atoms with van der Waals surface area (Å²) in [6, 6.07) is 0. The Kier molecular flexibility index (Phi) is 7.68.